The van der Waals surface area contributed by atoms with Crippen molar-refractivity contribution >= 4 is 51.9 Å². The second-order valence-electron chi connectivity index (χ2n) is 7.30. The van der Waals surface area contributed by atoms with Crippen LogP contribution in [0.25, 0.3) is 11.0 Å². The van der Waals surface area contributed by atoms with Crippen molar-refractivity contribution in [1.29, 1.82) is 0 Å². The summed E-state index contributed by atoms with van der Waals surface area (Å²) in [5.41, 5.74) is 0.0813. The molecule has 1 amide bonds. The third-order valence-electron chi connectivity index (χ3n) is 5.04. The highest BCUT2D eigenvalue weighted by Gasteiger charge is 2.76. The molecule has 7 nitrogen and oxygen atoms in total. The quantitative estimate of drug-likeness (QED) is 0.400. The molecule has 1 saturated heterocycles. The fourth-order valence-electron chi connectivity index (χ4n) is 3.23. The van der Waals surface area contributed by atoms with Crippen LogP contribution in [0.1, 0.15) is 17.4 Å². The Labute approximate surface area is 202 Å². The van der Waals surface area contributed by atoms with Gasteiger partial charge in [0.2, 0.25) is 0 Å². The number of rotatable bonds is 5. The van der Waals surface area contributed by atoms with Crippen LogP contribution in [0.5, 0.6) is 0 Å². The van der Waals surface area contributed by atoms with Gasteiger partial charge in [-0.25, -0.2) is 14.8 Å². The number of esters is 1. The summed E-state index contributed by atoms with van der Waals surface area (Å²) in [5, 5.41) is 0.242. The summed E-state index contributed by atoms with van der Waals surface area (Å²) >= 11 is 11.9. The topological polar surface area (TPSA) is 75.6 Å². The summed E-state index contributed by atoms with van der Waals surface area (Å²) in [6.07, 6.45) is -6.63. The molecule has 0 atom stereocenters. The predicted octanol–water partition coefficient (Wildman–Crippen LogP) is 4.59. The summed E-state index contributed by atoms with van der Waals surface area (Å²) in [4.78, 5) is 34.3. The molecule has 192 valence electrons. The first-order chi connectivity index (χ1) is 16.1. The summed E-state index contributed by atoms with van der Waals surface area (Å²) < 4.78 is 96.3. The van der Waals surface area contributed by atoms with Crippen molar-refractivity contribution < 1.29 is 45.1 Å². The van der Waals surface area contributed by atoms with Crippen LogP contribution in [0.15, 0.2) is 12.1 Å². The van der Waals surface area contributed by atoms with E-state index in [1.54, 1.807) is 0 Å². The zero-order chi connectivity index (χ0) is 26.3. The zero-order valence-electron chi connectivity index (χ0n) is 17.6. The number of alkyl halides is 7. The smallest absolute Gasteiger partial charge is 0.460 e. The molecule has 2 aromatic rings. The minimum absolute atomic E-state index is 0.0237. The number of benzene rings is 1. The molecule has 16 heteroatoms. The van der Waals surface area contributed by atoms with Gasteiger partial charge >= 0.3 is 24.0 Å². The first-order valence-corrected chi connectivity index (χ1v) is 10.6. The molecule has 1 aliphatic rings. The molecule has 0 N–H and O–H groups in total. The van der Waals surface area contributed by atoms with E-state index in [1.807, 2.05) is 0 Å². The maximum Gasteiger partial charge on any atom is 0.460 e. The van der Waals surface area contributed by atoms with E-state index in [9.17, 15) is 40.3 Å². The van der Waals surface area contributed by atoms with E-state index in [2.05, 4.69) is 9.97 Å². The van der Waals surface area contributed by atoms with Crippen LogP contribution in [0.2, 0.25) is 10.0 Å². The number of anilines is 1. The number of ether oxygens (including phenoxy) is 1. The van der Waals surface area contributed by atoms with Gasteiger partial charge in [0.1, 0.15) is 0 Å². The first-order valence-electron chi connectivity index (χ1n) is 9.82. The Morgan fingerprint density at radius 1 is 0.943 bits per heavy atom. The molecular formula is C19H15Cl2F7N4O3. The van der Waals surface area contributed by atoms with Crippen LogP contribution in [-0.2, 0) is 9.53 Å². The third kappa shape index (κ3) is 4.90. The molecule has 0 bridgehead atoms. The van der Waals surface area contributed by atoms with Crippen LogP contribution < -0.4 is 4.90 Å². The number of halogens is 9. The van der Waals surface area contributed by atoms with Crippen LogP contribution >= 0.6 is 23.2 Å². The minimum atomic E-state index is -6.63. The van der Waals surface area contributed by atoms with Gasteiger partial charge in [-0.3, -0.25) is 4.79 Å². The van der Waals surface area contributed by atoms with E-state index in [-0.39, 0.29) is 57.2 Å². The van der Waals surface area contributed by atoms with Gasteiger partial charge in [0.15, 0.2) is 11.5 Å². The number of aromatic nitrogens is 2. The Bertz CT molecular complexity index is 1160. The van der Waals surface area contributed by atoms with Gasteiger partial charge < -0.3 is 14.5 Å². The van der Waals surface area contributed by atoms with Crippen molar-refractivity contribution in [2.45, 2.75) is 24.9 Å². The molecule has 2 heterocycles. The van der Waals surface area contributed by atoms with Crippen LogP contribution in [0.4, 0.5) is 36.6 Å². The highest BCUT2D eigenvalue weighted by molar-refractivity contribution is 6.42. The number of amides is 1. The summed E-state index contributed by atoms with van der Waals surface area (Å²) in [7, 11) is 0. The number of carbonyl (C=O) groups excluding carboxylic acids is 2. The van der Waals surface area contributed by atoms with Crippen molar-refractivity contribution in [2.24, 2.45) is 0 Å². The summed E-state index contributed by atoms with van der Waals surface area (Å²) in [6, 6.07) is 2.70. The Kier molecular flexibility index (Phi) is 7.29. The Morgan fingerprint density at radius 2 is 1.46 bits per heavy atom. The molecule has 1 aliphatic heterocycles. The average Bonchev–Trinajstić information content (AvgIpc) is 2.78. The number of fused-ring (bicyclic) bond motifs is 1. The summed E-state index contributed by atoms with van der Waals surface area (Å²) in [5.74, 6) is -16.2. The minimum Gasteiger partial charge on any atom is -0.461 e. The van der Waals surface area contributed by atoms with E-state index in [0.717, 1.165) is 0 Å². The molecule has 35 heavy (non-hydrogen) atoms. The molecule has 3 rings (SSSR count). The third-order valence-corrected chi connectivity index (χ3v) is 5.76. The monoisotopic (exact) mass is 550 g/mol. The van der Waals surface area contributed by atoms with E-state index in [0.29, 0.717) is 0 Å². The molecular weight excluding hydrogens is 536 g/mol. The fourth-order valence-corrected chi connectivity index (χ4v) is 3.55. The molecule has 0 radical (unpaired) electrons. The van der Waals surface area contributed by atoms with E-state index >= 15 is 0 Å². The largest absolute Gasteiger partial charge is 0.461 e. The first kappa shape index (κ1) is 27.0. The van der Waals surface area contributed by atoms with Crippen molar-refractivity contribution in [3.63, 3.8) is 0 Å². The van der Waals surface area contributed by atoms with Gasteiger partial charge in [-0.2, -0.15) is 30.7 Å². The Morgan fingerprint density at radius 3 is 1.94 bits per heavy atom. The SMILES string of the molecule is CCOC(=O)c1nc2cc(Cl)c(Cl)cc2nc1N1CCN(C(=O)C(F)(F)C(F)(F)C(F)(F)F)CC1. The molecule has 0 unspecified atom stereocenters. The average molecular weight is 551 g/mol. The lowest BCUT2D eigenvalue weighted by atomic mass is 10.1. The molecule has 1 aromatic heterocycles. The molecule has 0 aliphatic carbocycles. The van der Waals surface area contributed by atoms with Crippen LogP contribution in [0.3, 0.4) is 0 Å². The predicted molar refractivity (Wildman–Crippen MR) is 110 cm³/mol. The number of carbonyl (C=O) groups is 2. The number of nitrogens with zero attached hydrogens (tertiary/aromatic N) is 4. The Hall–Kier alpha value is -2.61. The second kappa shape index (κ2) is 9.45. The van der Waals surface area contributed by atoms with Gasteiger partial charge in [-0.1, -0.05) is 23.2 Å². The maximum atomic E-state index is 13.8. The van der Waals surface area contributed by atoms with E-state index in [4.69, 9.17) is 27.9 Å². The van der Waals surface area contributed by atoms with Gasteiger partial charge in [-0.05, 0) is 19.1 Å². The number of piperazine rings is 1. The van der Waals surface area contributed by atoms with Gasteiger partial charge in [0, 0.05) is 26.2 Å². The molecule has 1 fully saturated rings. The molecule has 0 spiro atoms. The van der Waals surface area contributed by atoms with Crippen LogP contribution in [0, 0.1) is 0 Å². The summed E-state index contributed by atoms with van der Waals surface area (Å²) in [6.45, 7) is -0.494. The van der Waals surface area contributed by atoms with Gasteiger partial charge in [0.25, 0.3) is 5.91 Å². The van der Waals surface area contributed by atoms with Crippen molar-refractivity contribution in [3.05, 3.63) is 27.9 Å². The van der Waals surface area contributed by atoms with Gasteiger partial charge in [0.05, 0.1) is 27.7 Å². The highest BCUT2D eigenvalue weighted by atomic mass is 35.5. The van der Waals surface area contributed by atoms with Crippen LogP contribution in [-0.4, -0.2) is 77.6 Å². The van der Waals surface area contributed by atoms with Crippen molar-refractivity contribution in [3.8, 4) is 0 Å². The highest BCUT2D eigenvalue weighted by Crippen LogP contribution is 2.47. The second-order valence-corrected chi connectivity index (χ2v) is 8.11. The fraction of sp³-hybridized carbons (Fsp3) is 0.474. The molecule has 1 aromatic carbocycles. The van der Waals surface area contributed by atoms with E-state index in [1.165, 1.54) is 24.0 Å². The normalized spacial score (nSPS) is 15.5. The van der Waals surface area contributed by atoms with Gasteiger partial charge in [-0.15, -0.1) is 0 Å². The lowest BCUT2D eigenvalue weighted by molar-refractivity contribution is -0.346. The lowest BCUT2D eigenvalue weighted by Gasteiger charge is -2.38. The zero-order valence-corrected chi connectivity index (χ0v) is 19.1. The Balaban J connectivity index is 1.89. The lowest BCUT2D eigenvalue weighted by Crippen LogP contribution is -2.62. The standard InChI is InChI=1S/C19H15Cl2F7N4O3/c1-2-35-15(33)13-14(30-12-8-10(21)9(20)7-11(12)29-13)31-3-5-32(6-4-31)16(34)17(22,23)18(24,25)19(26,27)28/h7-8H,2-6H2,1H3. The number of hydrogen-bond donors (Lipinski definition) is 0. The van der Waals surface area contributed by atoms with E-state index < -0.39 is 43.0 Å². The van der Waals surface area contributed by atoms with Crippen molar-refractivity contribution in [2.75, 3.05) is 37.7 Å². The van der Waals surface area contributed by atoms with Crippen molar-refractivity contribution in [1.82, 2.24) is 14.9 Å². The molecule has 0 saturated carbocycles. The number of hydrogen-bond acceptors (Lipinski definition) is 6. The maximum absolute atomic E-state index is 13.8.